The Morgan fingerprint density at radius 1 is 1.25 bits per heavy atom. The minimum Gasteiger partial charge on any atom is -0.367 e. The third kappa shape index (κ3) is 5.29. The molecule has 0 radical (unpaired) electrons. The van der Waals surface area contributed by atoms with Crippen molar-refractivity contribution in [2.45, 2.75) is 6.54 Å². The van der Waals surface area contributed by atoms with E-state index >= 15 is 0 Å². The number of nitrogens with one attached hydrogen (secondary N) is 2. The average molecular weight is 266 g/mol. The Morgan fingerprint density at radius 3 is 2.44 bits per heavy atom. The highest BCUT2D eigenvalue weighted by Crippen LogP contribution is 1.97. The molecule has 0 spiro atoms. The van der Waals surface area contributed by atoms with Gasteiger partial charge in [0, 0.05) is 25.2 Å². The second kappa shape index (κ2) is 4.98. The van der Waals surface area contributed by atoms with Crippen LogP contribution < -0.4 is 4.72 Å². The molecule has 0 saturated heterocycles. The molecule has 0 aliphatic carbocycles. The Bertz CT molecular complexity index is 516. The fourth-order valence-electron chi connectivity index (χ4n) is 0.995. The van der Waals surface area contributed by atoms with Gasteiger partial charge in [-0.15, -0.1) is 0 Å². The second-order valence-corrected chi connectivity index (χ2v) is 7.68. The number of sulfonamides is 1. The molecular weight excluding hydrogens is 252 g/mol. The molecule has 8 heteroatoms. The van der Waals surface area contributed by atoms with E-state index in [1.54, 1.807) is 18.5 Å². The maximum atomic E-state index is 11.4. The number of aromatic nitrogens is 1. The minimum absolute atomic E-state index is 0.162. The smallest absolute Gasteiger partial charge is 0.212 e. The van der Waals surface area contributed by atoms with Crippen molar-refractivity contribution in [2.24, 2.45) is 0 Å². The van der Waals surface area contributed by atoms with Gasteiger partial charge < -0.3 is 4.98 Å². The van der Waals surface area contributed by atoms with Crippen LogP contribution in [-0.2, 0) is 26.4 Å². The van der Waals surface area contributed by atoms with Gasteiger partial charge in [0.05, 0.1) is 11.5 Å². The molecule has 0 unspecified atom stereocenters. The van der Waals surface area contributed by atoms with Crippen LogP contribution >= 0.6 is 0 Å². The third-order valence-electron chi connectivity index (χ3n) is 1.88. The normalized spacial score (nSPS) is 12.8. The van der Waals surface area contributed by atoms with E-state index in [4.69, 9.17) is 0 Å². The van der Waals surface area contributed by atoms with Gasteiger partial charge in [-0.25, -0.2) is 21.6 Å². The predicted molar refractivity (Wildman–Crippen MR) is 61.1 cm³/mol. The fourth-order valence-corrected chi connectivity index (χ4v) is 3.61. The van der Waals surface area contributed by atoms with Gasteiger partial charge >= 0.3 is 0 Å². The van der Waals surface area contributed by atoms with Crippen LogP contribution in [0.5, 0.6) is 0 Å². The lowest BCUT2D eigenvalue weighted by Crippen LogP contribution is -2.29. The molecule has 0 amide bonds. The summed E-state index contributed by atoms with van der Waals surface area (Å²) in [5.74, 6) is -0.772. The predicted octanol–water partition coefficient (Wildman–Crippen LogP) is -0.521. The quantitative estimate of drug-likeness (QED) is 0.724. The van der Waals surface area contributed by atoms with Crippen LogP contribution in [0.15, 0.2) is 18.5 Å². The molecule has 2 N–H and O–H groups in total. The molecule has 0 atom stereocenters. The Kier molecular flexibility index (Phi) is 4.11. The number of aromatic amines is 1. The van der Waals surface area contributed by atoms with Gasteiger partial charge in [0.25, 0.3) is 0 Å². The lowest BCUT2D eigenvalue weighted by Gasteiger charge is -2.04. The topological polar surface area (TPSA) is 96.1 Å². The van der Waals surface area contributed by atoms with Crippen molar-refractivity contribution < 1.29 is 16.8 Å². The summed E-state index contributed by atoms with van der Waals surface area (Å²) in [7, 11) is -6.79. The van der Waals surface area contributed by atoms with Crippen molar-refractivity contribution in [1.29, 1.82) is 0 Å². The van der Waals surface area contributed by atoms with Crippen LogP contribution in [0.1, 0.15) is 5.56 Å². The lowest BCUT2D eigenvalue weighted by molar-refractivity contribution is 0.579. The average Bonchev–Trinajstić information content (AvgIpc) is 2.64. The highest BCUT2D eigenvalue weighted by molar-refractivity contribution is 7.93. The first-order chi connectivity index (χ1) is 7.29. The molecule has 0 fully saturated rings. The van der Waals surface area contributed by atoms with Crippen molar-refractivity contribution in [3.05, 3.63) is 24.0 Å². The van der Waals surface area contributed by atoms with Gasteiger partial charge in [0.1, 0.15) is 9.84 Å². The first kappa shape index (κ1) is 13.2. The monoisotopic (exact) mass is 266 g/mol. The van der Waals surface area contributed by atoms with Gasteiger partial charge in [0.2, 0.25) is 10.0 Å². The van der Waals surface area contributed by atoms with Crippen molar-refractivity contribution >= 4 is 19.9 Å². The highest BCUT2D eigenvalue weighted by Gasteiger charge is 2.13. The van der Waals surface area contributed by atoms with E-state index in [2.05, 4.69) is 9.71 Å². The molecule has 6 nitrogen and oxygen atoms in total. The summed E-state index contributed by atoms with van der Waals surface area (Å²) >= 11 is 0. The van der Waals surface area contributed by atoms with Crippen LogP contribution in [-0.4, -0.2) is 39.6 Å². The van der Waals surface area contributed by atoms with Crippen molar-refractivity contribution in [1.82, 2.24) is 9.71 Å². The van der Waals surface area contributed by atoms with E-state index in [1.165, 1.54) is 0 Å². The first-order valence-corrected chi connectivity index (χ1v) is 8.26. The second-order valence-electron chi connectivity index (χ2n) is 3.49. The Labute approximate surface area is 95.0 Å². The highest BCUT2D eigenvalue weighted by atomic mass is 32.2. The van der Waals surface area contributed by atoms with Crippen LogP contribution in [0.2, 0.25) is 0 Å². The molecular formula is C8H14N2O4S2. The van der Waals surface area contributed by atoms with Crippen LogP contribution in [0, 0.1) is 0 Å². The Balaban J connectivity index is 2.47. The summed E-state index contributed by atoms with van der Waals surface area (Å²) in [6, 6.07) is 1.74. The van der Waals surface area contributed by atoms with Crippen LogP contribution in [0.3, 0.4) is 0 Å². The molecule has 0 aromatic carbocycles. The molecule has 92 valence electrons. The van der Waals surface area contributed by atoms with Gasteiger partial charge in [-0.05, 0) is 11.6 Å². The zero-order valence-electron chi connectivity index (χ0n) is 8.80. The number of hydrogen-bond donors (Lipinski definition) is 2. The zero-order chi connectivity index (χ0) is 12.2. The van der Waals surface area contributed by atoms with Gasteiger partial charge in [-0.2, -0.15) is 0 Å². The molecule has 0 aliphatic rings. The first-order valence-electron chi connectivity index (χ1n) is 4.55. The number of H-pyrrole nitrogens is 1. The summed E-state index contributed by atoms with van der Waals surface area (Å²) in [5.41, 5.74) is 0.794. The van der Waals surface area contributed by atoms with Gasteiger partial charge in [-0.1, -0.05) is 0 Å². The standard InChI is InChI=1S/C8H14N2O4S2/c1-15(11,12)4-5-16(13,14)10-7-8-2-3-9-6-8/h2-3,6,9-10H,4-5,7H2,1H3. The van der Waals surface area contributed by atoms with Crippen molar-refractivity contribution in [3.8, 4) is 0 Å². The largest absolute Gasteiger partial charge is 0.367 e. The summed E-state index contributed by atoms with van der Waals surface area (Å²) in [6.45, 7) is 0.162. The van der Waals surface area contributed by atoms with E-state index in [0.717, 1.165) is 11.8 Å². The van der Waals surface area contributed by atoms with Gasteiger partial charge in [-0.3, -0.25) is 0 Å². The summed E-state index contributed by atoms with van der Waals surface area (Å²) in [4.78, 5) is 2.79. The van der Waals surface area contributed by atoms with E-state index in [9.17, 15) is 16.8 Å². The molecule has 16 heavy (non-hydrogen) atoms. The molecule has 1 heterocycles. The van der Waals surface area contributed by atoms with E-state index in [1.807, 2.05) is 0 Å². The SMILES string of the molecule is CS(=O)(=O)CCS(=O)(=O)NCc1cc[nH]c1. The lowest BCUT2D eigenvalue weighted by atomic mass is 10.4. The molecule has 1 rings (SSSR count). The fraction of sp³-hybridized carbons (Fsp3) is 0.500. The number of hydrogen-bond acceptors (Lipinski definition) is 4. The van der Waals surface area contributed by atoms with E-state index < -0.39 is 25.6 Å². The summed E-state index contributed by atoms with van der Waals surface area (Å²) in [6.07, 6.45) is 4.36. The molecule has 1 aromatic rings. The van der Waals surface area contributed by atoms with E-state index in [-0.39, 0.29) is 12.3 Å². The van der Waals surface area contributed by atoms with Crippen molar-refractivity contribution in [2.75, 3.05) is 17.8 Å². The third-order valence-corrected chi connectivity index (χ3v) is 4.41. The Morgan fingerprint density at radius 2 is 1.94 bits per heavy atom. The number of rotatable bonds is 6. The van der Waals surface area contributed by atoms with Gasteiger partial charge in [0.15, 0.2) is 0 Å². The minimum atomic E-state index is -3.53. The maximum absolute atomic E-state index is 11.4. The van der Waals surface area contributed by atoms with Crippen LogP contribution in [0.4, 0.5) is 0 Å². The molecule has 0 saturated carbocycles. The summed E-state index contributed by atoms with van der Waals surface area (Å²) in [5, 5.41) is 0. The Hall–Kier alpha value is -0.860. The van der Waals surface area contributed by atoms with Crippen LogP contribution in [0.25, 0.3) is 0 Å². The maximum Gasteiger partial charge on any atom is 0.212 e. The molecule has 0 bridgehead atoms. The molecule has 1 aromatic heterocycles. The van der Waals surface area contributed by atoms with Crippen molar-refractivity contribution in [3.63, 3.8) is 0 Å². The molecule has 0 aliphatic heterocycles. The summed E-state index contributed by atoms with van der Waals surface area (Å²) < 4.78 is 46.7. The zero-order valence-corrected chi connectivity index (χ0v) is 10.4. The number of sulfone groups is 1. The van der Waals surface area contributed by atoms with E-state index in [0.29, 0.717) is 0 Å².